The molecule has 29 heavy (non-hydrogen) atoms. The van der Waals surface area contributed by atoms with Gasteiger partial charge in [0.1, 0.15) is 11.7 Å². The molecular formula is C18H12BrClF3N3O3. The maximum Gasteiger partial charge on any atom is 0.573 e. The molecule has 0 saturated carbocycles. The molecule has 1 heterocycles. The lowest BCUT2D eigenvalue weighted by Gasteiger charge is -2.16. The van der Waals surface area contributed by atoms with Crippen LogP contribution in [0.15, 0.2) is 52.0 Å². The number of benzene rings is 2. The van der Waals surface area contributed by atoms with Gasteiger partial charge in [0, 0.05) is 4.47 Å². The van der Waals surface area contributed by atoms with Crippen LogP contribution in [0.1, 0.15) is 6.92 Å². The van der Waals surface area contributed by atoms with Crippen molar-refractivity contribution in [3.8, 4) is 11.4 Å². The molecule has 0 fully saturated rings. The summed E-state index contributed by atoms with van der Waals surface area (Å²) in [6.45, 7) is 1.36. The molecular weight excluding hydrogens is 479 g/mol. The van der Waals surface area contributed by atoms with Crippen molar-refractivity contribution in [1.82, 2.24) is 9.55 Å². The lowest BCUT2D eigenvalue weighted by Crippen LogP contribution is -2.24. The maximum absolute atomic E-state index is 12.8. The Balaban J connectivity index is 2.11. The third kappa shape index (κ3) is 4.88. The van der Waals surface area contributed by atoms with Gasteiger partial charge in [-0.05, 0) is 43.3 Å². The minimum absolute atomic E-state index is 0.180. The number of fused-ring (bicyclic) bond motifs is 1. The number of halogens is 5. The van der Waals surface area contributed by atoms with Crippen molar-refractivity contribution in [3.05, 3.63) is 57.6 Å². The van der Waals surface area contributed by atoms with Crippen LogP contribution in [0.25, 0.3) is 16.6 Å². The quantitative estimate of drug-likeness (QED) is 0.542. The third-order valence-corrected chi connectivity index (χ3v) is 4.50. The predicted octanol–water partition coefficient (Wildman–Crippen LogP) is 4.61. The Morgan fingerprint density at radius 1 is 1.28 bits per heavy atom. The molecule has 3 aromatic rings. The molecule has 0 radical (unpaired) electrons. The first-order valence-electron chi connectivity index (χ1n) is 8.07. The van der Waals surface area contributed by atoms with Crippen molar-refractivity contribution in [3.63, 3.8) is 0 Å². The lowest BCUT2D eigenvalue weighted by molar-refractivity contribution is -0.274. The zero-order chi connectivity index (χ0) is 21.3. The van der Waals surface area contributed by atoms with E-state index in [-0.39, 0.29) is 11.4 Å². The van der Waals surface area contributed by atoms with E-state index in [2.05, 4.69) is 31.0 Å². The Bertz CT molecular complexity index is 1150. The van der Waals surface area contributed by atoms with Crippen LogP contribution in [0, 0.1) is 0 Å². The number of aromatic nitrogens is 2. The van der Waals surface area contributed by atoms with E-state index in [0.29, 0.717) is 10.9 Å². The molecule has 0 saturated heterocycles. The molecule has 0 aliphatic rings. The van der Waals surface area contributed by atoms with Gasteiger partial charge in [0.15, 0.2) is 5.75 Å². The van der Waals surface area contributed by atoms with E-state index in [4.69, 9.17) is 11.6 Å². The highest BCUT2D eigenvalue weighted by atomic mass is 79.9. The summed E-state index contributed by atoms with van der Waals surface area (Å²) in [7, 11) is 0. The van der Waals surface area contributed by atoms with E-state index in [0.717, 1.165) is 15.1 Å². The van der Waals surface area contributed by atoms with Crippen LogP contribution in [0.3, 0.4) is 0 Å². The van der Waals surface area contributed by atoms with Gasteiger partial charge in [0.05, 0.1) is 22.3 Å². The number of nitrogens with one attached hydrogen (secondary N) is 1. The van der Waals surface area contributed by atoms with Gasteiger partial charge in [-0.2, -0.15) is 0 Å². The number of carbonyl (C=O) groups excluding carboxylic acids is 1. The Morgan fingerprint density at radius 2 is 2.00 bits per heavy atom. The van der Waals surface area contributed by atoms with Crippen molar-refractivity contribution >= 4 is 50.0 Å². The predicted molar refractivity (Wildman–Crippen MR) is 106 cm³/mol. The number of anilines is 1. The van der Waals surface area contributed by atoms with Gasteiger partial charge in [-0.1, -0.05) is 15.9 Å². The zero-order valence-corrected chi connectivity index (χ0v) is 17.0. The molecule has 2 aromatic carbocycles. The van der Waals surface area contributed by atoms with Gasteiger partial charge in [-0.15, -0.1) is 24.8 Å². The Kier molecular flexibility index (Phi) is 5.85. The van der Waals surface area contributed by atoms with Gasteiger partial charge in [-0.25, -0.2) is 4.98 Å². The van der Waals surface area contributed by atoms with E-state index in [9.17, 15) is 22.8 Å². The van der Waals surface area contributed by atoms with Crippen LogP contribution in [-0.2, 0) is 4.79 Å². The fraction of sp³-hybridized carbons (Fsp3) is 0.167. The van der Waals surface area contributed by atoms with Crippen LogP contribution in [0.2, 0.25) is 0 Å². The average molecular weight is 491 g/mol. The molecule has 11 heteroatoms. The summed E-state index contributed by atoms with van der Waals surface area (Å²) < 4.78 is 43.9. The topological polar surface area (TPSA) is 73.2 Å². The first-order valence-corrected chi connectivity index (χ1v) is 9.30. The fourth-order valence-electron chi connectivity index (χ4n) is 2.49. The number of ether oxygens (including phenoxy) is 1. The number of amides is 1. The van der Waals surface area contributed by atoms with Gasteiger partial charge in [0.25, 0.3) is 5.56 Å². The second-order valence-electron chi connectivity index (χ2n) is 5.91. The minimum atomic E-state index is -4.97. The summed E-state index contributed by atoms with van der Waals surface area (Å²) in [6.07, 6.45) is -3.73. The zero-order valence-electron chi connectivity index (χ0n) is 14.6. The highest BCUT2D eigenvalue weighted by Gasteiger charge is 2.32. The van der Waals surface area contributed by atoms with Crippen molar-refractivity contribution in [2.75, 3.05) is 5.32 Å². The summed E-state index contributed by atoms with van der Waals surface area (Å²) in [4.78, 5) is 28.9. The van der Waals surface area contributed by atoms with Crippen molar-refractivity contribution in [1.29, 1.82) is 0 Å². The summed E-state index contributed by atoms with van der Waals surface area (Å²) in [6, 6.07) is 8.32. The van der Waals surface area contributed by atoms with E-state index in [1.807, 2.05) is 0 Å². The van der Waals surface area contributed by atoms with Crippen LogP contribution in [-0.4, -0.2) is 27.2 Å². The number of alkyl halides is 4. The van der Waals surface area contributed by atoms with Crippen molar-refractivity contribution in [2.24, 2.45) is 0 Å². The first-order chi connectivity index (χ1) is 13.5. The summed E-state index contributed by atoms with van der Waals surface area (Å²) >= 11 is 8.97. The molecule has 0 aliphatic heterocycles. The average Bonchev–Trinajstić information content (AvgIpc) is 2.62. The van der Waals surface area contributed by atoms with Crippen LogP contribution in [0.4, 0.5) is 18.9 Å². The van der Waals surface area contributed by atoms with Gasteiger partial charge < -0.3 is 10.1 Å². The summed E-state index contributed by atoms with van der Waals surface area (Å²) in [5.74, 6) is -1.37. The standard InChI is InChI=1S/C18H12BrClF3N3O3/c1-9(20)16(27)25-14-7-11(3-5-15(14)29-18(21,22)23)26-8-24-13-6-10(19)2-4-12(13)17(26)28/h2-9H,1H3,(H,25,27). The van der Waals surface area contributed by atoms with Crippen molar-refractivity contribution < 1.29 is 22.7 Å². The number of hydrogen-bond donors (Lipinski definition) is 1. The summed E-state index contributed by atoms with van der Waals surface area (Å²) in [5, 5.41) is 1.58. The Labute approximate surface area is 175 Å². The molecule has 152 valence electrons. The molecule has 1 amide bonds. The monoisotopic (exact) mass is 489 g/mol. The summed E-state index contributed by atoms with van der Waals surface area (Å²) in [5.41, 5.74) is -0.100. The normalized spacial score (nSPS) is 12.6. The maximum atomic E-state index is 12.8. The number of rotatable bonds is 4. The molecule has 0 spiro atoms. The minimum Gasteiger partial charge on any atom is -0.404 e. The van der Waals surface area contributed by atoms with Gasteiger partial charge in [0.2, 0.25) is 5.91 Å². The van der Waals surface area contributed by atoms with Gasteiger partial charge in [-0.3, -0.25) is 14.2 Å². The fourth-order valence-corrected chi connectivity index (χ4v) is 2.89. The van der Waals surface area contributed by atoms with Crippen LogP contribution >= 0.6 is 27.5 Å². The molecule has 0 aliphatic carbocycles. The van der Waals surface area contributed by atoms with Crippen LogP contribution < -0.4 is 15.6 Å². The second-order valence-corrected chi connectivity index (χ2v) is 7.49. The number of carbonyl (C=O) groups is 1. The highest BCUT2D eigenvalue weighted by molar-refractivity contribution is 9.10. The molecule has 1 aromatic heterocycles. The SMILES string of the molecule is CC(Cl)C(=O)Nc1cc(-n2cnc3cc(Br)ccc3c2=O)ccc1OC(F)(F)F. The molecule has 1 N–H and O–H groups in total. The first kappa shape index (κ1) is 21.1. The van der Waals surface area contributed by atoms with E-state index in [1.165, 1.54) is 25.4 Å². The number of nitrogens with zero attached hydrogens (tertiary/aromatic N) is 2. The Hall–Kier alpha value is -2.59. The Morgan fingerprint density at radius 3 is 2.66 bits per heavy atom. The lowest BCUT2D eigenvalue weighted by atomic mass is 10.2. The molecule has 0 bridgehead atoms. The van der Waals surface area contributed by atoms with E-state index >= 15 is 0 Å². The van der Waals surface area contributed by atoms with Gasteiger partial charge >= 0.3 is 6.36 Å². The molecule has 3 rings (SSSR count). The van der Waals surface area contributed by atoms with E-state index in [1.54, 1.807) is 18.2 Å². The number of hydrogen-bond acceptors (Lipinski definition) is 4. The highest BCUT2D eigenvalue weighted by Crippen LogP contribution is 2.32. The van der Waals surface area contributed by atoms with Crippen molar-refractivity contribution in [2.45, 2.75) is 18.7 Å². The molecule has 1 atom stereocenters. The van der Waals surface area contributed by atoms with Crippen LogP contribution in [0.5, 0.6) is 5.75 Å². The second kappa shape index (κ2) is 8.03. The third-order valence-electron chi connectivity index (χ3n) is 3.81. The largest absolute Gasteiger partial charge is 0.573 e. The van der Waals surface area contributed by atoms with E-state index < -0.39 is 29.0 Å². The molecule has 6 nitrogen and oxygen atoms in total. The smallest absolute Gasteiger partial charge is 0.404 e. The molecule has 1 unspecified atom stereocenters.